The number of nitrogens with one attached hydrogen (secondary N) is 1. The van der Waals surface area contributed by atoms with E-state index < -0.39 is 0 Å². The molecule has 0 aliphatic heterocycles. The van der Waals surface area contributed by atoms with Gasteiger partial charge in [-0.15, -0.1) is 0 Å². The van der Waals surface area contributed by atoms with Gasteiger partial charge in [-0.05, 0) is 71.7 Å². The third-order valence-corrected chi connectivity index (χ3v) is 5.43. The third kappa shape index (κ3) is 4.07. The van der Waals surface area contributed by atoms with Crippen LogP contribution in [-0.4, -0.2) is 7.05 Å². The summed E-state index contributed by atoms with van der Waals surface area (Å²) < 4.78 is 1.35. The predicted octanol–water partition coefficient (Wildman–Crippen LogP) is 5.25. The van der Waals surface area contributed by atoms with Gasteiger partial charge in [0.2, 0.25) is 0 Å². The first kappa shape index (κ1) is 16.5. The van der Waals surface area contributed by atoms with Crippen molar-refractivity contribution >= 4 is 22.6 Å². The van der Waals surface area contributed by atoms with Gasteiger partial charge in [-0.25, -0.2) is 0 Å². The Labute approximate surface area is 142 Å². The minimum Gasteiger partial charge on any atom is -0.309 e. The van der Waals surface area contributed by atoms with Gasteiger partial charge in [-0.2, -0.15) is 0 Å². The van der Waals surface area contributed by atoms with Gasteiger partial charge in [-0.3, -0.25) is 0 Å². The highest BCUT2D eigenvalue weighted by Crippen LogP contribution is 2.28. The third-order valence-electron chi connectivity index (χ3n) is 3.95. The van der Waals surface area contributed by atoms with Crippen LogP contribution in [0.3, 0.4) is 0 Å². The van der Waals surface area contributed by atoms with E-state index >= 15 is 0 Å². The molecule has 0 aliphatic rings. The summed E-state index contributed by atoms with van der Waals surface area (Å²) >= 11 is 2.46. The molecular weight excluding hydrogens is 369 g/mol. The Hall–Kier alpha value is -0.870. The monoisotopic (exact) mass is 393 g/mol. The summed E-state index contributed by atoms with van der Waals surface area (Å²) in [6.07, 6.45) is 3.70. The van der Waals surface area contributed by atoms with Crippen LogP contribution in [0.1, 0.15) is 48.1 Å². The highest BCUT2D eigenvalue weighted by molar-refractivity contribution is 14.1. The van der Waals surface area contributed by atoms with Crippen molar-refractivity contribution in [1.82, 2.24) is 5.32 Å². The molecule has 1 unspecified atom stereocenters. The van der Waals surface area contributed by atoms with Gasteiger partial charge in [0.05, 0.1) is 6.04 Å². The highest BCUT2D eigenvalue weighted by Gasteiger charge is 2.15. The first-order valence-corrected chi connectivity index (χ1v) is 8.76. The van der Waals surface area contributed by atoms with E-state index in [-0.39, 0.29) is 6.04 Å². The fraction of sp³-hybridized carbons (Fsp3) is 0.368. The number of hydrogen-bond donors (Lipinski definition) is 1. The van der Waals surface area contributed by atoms with Gasteiger partial charge in [-0.1, -0.05) is 55.8 Å². The highest BCUT2D eigenvalue weighted by atomic mass is 127. The summed E-state index contributed by atoms with van der Waals surface area (Å²) in [5.74, 6) is 0. The molecule has 0 spiro atoms. The molecule has 2 aromatic carbocycles. The van der Waals surface area contributed by atoms with E-state index in [1.165, 1.54) is 45.1 Å². The van der Waals surface area contributed by atoms with Crippen molar-refractivity contribution in [2.45, 2.75) is 39.2 Å². The predicted molar refractivity (Wildman–Crippen MR) is 99.9 cm³/mol. The first-order valence-electron chi connectivity index (χ1n) is 7.68. The fourth-order valence-corrected chi connectivity index (χ4v) is 3.32. The summed E-state index contributed by atoms with van der Waals surface area (Å²) in [5, 5.41) is 3.46. The van der Waals surface area contributed by atoms with Crippen LogP contribution in [0.4, 0.5) is 0 Å². The lowest BCUT2D eigenvalue weighted by molar-refractivity contribution is 0.687. The van der Waals surface area contributed by atoms with Crippen molar-refractivity contribution in [2.24, 2.45) is 0 Å². The minimum absolute atomic E-state index is 0.261. The maximum atomic E-state index is 3.46. The molecule has 1 nitrogen and oxygen atoms in total. The Morgan fingerprint density at radius 2 is 1.81 bits per heavy atom. The molecule has 0 amide bonds. The number of halogens is 1. The lowest BCUT2D eigenvalue weighted by Gasteiger charge is -2.20. The van der Waals surface area contributed by atoms with Crippen molar-refractivity contribution in [3.63, 3.8) is 0 Å². The zero-order chi connectivity index (χ0) is 15.2. The van der Waals surface area contributed by atoms with Crippen molar-refractivity contribution in [3.05, 3.63) is 68.3 Å². The van der Waals surface area contributed by atoms with Crippen molar-refractivity contribution in [1.29, 1.82) is 0 Å². The molecule has 2 rings (SSSR count). The SMILES string of the molecule is CCCCc1ccc(C(NC)c2cccc(C)c2I)cc1. The molecular formula is C19H24IN. The van der Waals surface area contributed by atoms with Gasteiger partial charge < -0.3 is 5.32 Å². The van der Waals surface area contributed by atoms with Crippen molar-refractivity contribution < 1.29 is 0 Å². The zero-order valence-electron chi connectivity index (χ0n) is 13.1. The van der Waals surface area contributed by atoms with Crippen LogP contribution in [0.15, 0.2) is 42.5 Å². The average molecular weight is 393 g/mol. The molecule has 1 N–H and O–H groups in total. The molecule has 0 radical (unpaired) electrons. The second-order valence-corrected chi connectivity index (χ2v) is 6.62. The van der Waals surface area contributed by atoms with Gasteiger partial charge in [0.15, 0.2) is 0 Å². The summed E-state index contributed by atoms with van der Waals surface area (Å²) in [7, 11) is 2.04. The molecule has 0 aliphatic carbocycles. The second kappa shape index (κ2) is 7.95. The molecule has 0 bridgehead atoms. The lowest BCUT2D eigenvalue weighted by Crippen LogP contribution is -2.19. The van der Waals surface area contributed by atoms with Gasteiger partial charge in [0.25, 0.3) is 0 Å². The maximum Gasteiger partial charge on any atom is 0.0584 e. The summed E-state index contributed by atoms with van der Waals surface area (Å²) in [4.78, 5) is 0. The standard InChI is InChI=1S/C19H24IN/c1-4-5-8-15-10-12-16(13-11-15)19(21-3)17-9-6-7-14(2)18(17)20/h6-7,9-13,19,21H,4-5,8H2,1-3H3. The van der Waals surface area contributed by atoms with Crippen molar-refractivity contribution in [3.8, 4) is 0 Å². The number of aryl methyl sites for hydroxylation is 2. The zero-order valence-corrected chi connectivity index (χ0v) is 15.3. The number of benzene rings is 2. The number of unbranched alkanes of at least 4 members (excludes halogenated alkanes) is 1. The number of hydrogen-bond acceptors (Lipinski definition) is 1. The quantitative estimate of drug-likeness (QED) is 0.661. The maximum absolute atomic E-state index is 3.46. The lowest BCUT2D eigenvalue weighted by atomic mass is 9.96. The van der Waals surface area contributed by atoms with Crippen LogP contribution in [-0.2, 0) is 6.42 Å². The van der Waals surface area contributed by atoms with E-state index in [1.807, 2.05) is 7.05 Å². The molecule has 2 heteroatoms. The summed E-state index contributed by atoms with van der Waals surface area (Å²) in [6, 6.07) is 15.9. The van der Waals surface area contributed by atoms with Gasteiger partial charge >= 0.3 is 0 Å². The van der Waals surface area contributed by atoms with Gasteiger partial charge in [0, 0.05) is 3.57 Å². The Morgan fingerprint density at radius 1 is 1.10 bits per heavy atom. The van der Waals surface area contributed by atoms with Crippen molar-refractivity contribution in [2.75, 3.05) is 7.05 Å². The smallest absolute Gasteiger partial charge is 0.0584 e. The van der Waals surface area contributed by atoms with E-state index in [4.69, 9.17) is 0 Å². The van der Waals surface area contributed by atoms with E-state index in [1.54, 1.807) is 0 Å². The van der Waals surface area contributed by atoms with E-state index in [9.17, 15) is 0 Å². The van der Waals surface area contributed by atoms with Crippen LogP contribution in [0.2, 0.25) is 0 Å². The number of rotatable bonds is 6. The average Bonchev–Trinajstić information content (AvgIpc) is 2.51. The molecule has 0 saturated carbocycles. The van der Waals surface area contributed by atoms with Crippen LogP contribution < -0.4 is 5.32 Å². The van der Waals surface area contributed by atoms with Crippen LogP contribution in [0.25, 0.3) is 0 Å². The topological polar surface area (TPSA) is 12.0 Å². The first-order chi connectivity index (χ1) is 10.2. The summed E-state index contributed by atoms with van der Waals surface area (Å²) in [5.41, 5.74) is 5.47. The largest absolute Gasteiger partial charge is 0.309 e. The fourth-order valence-electron chi connectivity index (χ4n) is 2.65. The molecule has 0 fully saturated rings. The molecule has 0 saturated heterocycles. The van der Waals surface area contributed by atoms with Gasteiger partial charge in [0.1, 0.15) is 0 Å². The van der Waals surface area contributed by atoms with E-state index in [0.717, 1.165) is 0 Å². The molecule has 0 aromatic heterocycles. The Balaban J connectivity index is 2.27. The molecule has 21 heavy (non-hydrogen) atoms. The Morgan fingerprint density at radius 3 is 2.43 bits per heavy atom. The van der Waals surface area contributed by atoms with E-state index in [0.29, 0.717) is 0 Å². The molecule has 2 aromatic rings. The van der Waals surface area contributed by atoms with Crippen LogP contribution in [0, 0.1) is 10.5 Å². The van der Waals surface area contributed by atoms with E-state index in [2.05, 4.69) is 84.2 Å². The normalized spacial score (nSPS) is 12.4. The Bertz CT molecular complexity index is 575. The Kier molecular flexibility index (Phi) is 6.24. The molecule has 0 heterocycles. The second-order valence-electron chi connectivity index (χ2n) is 5.54. The van der Waals surface area contributed by atoms with Crippen LogP contribution >= 0.6 is 22.6 Å². The molecule has 112 valence electrons. The molecule has 1 atom stereocenters. The minimum atomic E-state index is 0.261. The van der Waals surface area contributed by atoms with Crippen LogP contribution in [0.5, 0.6) is 0 Å². The summed E-state index contributed by atoms with van der Waals surface area (Å²) in [6.45, 7) is 4.41.